The van der Waals surface area contributed by atoms with Crippen LogP contribution in [-0.4, -0.2) is 37.8 Å². The Morgan fingerprint density at radius 1 is 0.281 bits per heavy atom. The van der Waals surface area contributed by atoms with Crippen LogP contribution in [-0.2, 0) is 10.1 Å². The molecule has 0 bridgehead atoms. The molecule has 8 heterocycles. The standard InChI is InChI=1S/C44H25NOS.C33H18F3NO3S2.C32H19NOS.C12H7IOS/c1-2-11-30(12-3-1)45-39-18-7-4-13-31(39)37-25-28(22-24-40(37)45)21-23-29-26-38-33-15-6-9-20-42(33)47-43(38)27-36(29)35-17-10-16-34-32-14-5-8-19-41(32)46-44(34)35;34-33(35,36)42(38,39)40-30-20-32-27(25-11-5-7-13-31(25)41-32)19-22(30)16-14-21-15-17-29-26(18-21)24-10-4-6-12-28(24)37(29)23-8-2-1-3-9-23;34-30-20-32-27(25-11-5-7-13-31(25)35-32)19-22(30)16-14-21-15-17-29-26(18-21)24-10-4-6-12-28(24)33(29)23-8-2-1-3-9-23;13-9-5-8-7-3-1-2-4-11(7)15-12(8)6-10(9)14/h1-20,22,24-27H;1-13,15,17-20H;1-13,15,17-20,34H;1-6,14H. The number of thiophene rings is 4. The van der Waals surface area contributed by atoms with Crippen LogP contribution in [0.15, 0.2) is 411 Å². The van der Waals surface area contributed by atoms with Crippen LogP contribution in [0.4, 0.5) is 13.2 Å². The quantitative estimate of drug-likeness (QED) is 0.0742. The van der Waals surface area contributed by atoms with Crippen molar-refractivity contribution in [1.29, 1.82) is 0 Å². The molecule has 0 amide bonds. The second kappa shape index (κ2) is 35.2. The molecular weight excluding hydrogens is 1940 g/mol. The van der Waals surface area contributed by atoms with Gasteiger partial charge in [0, 0.05) is 180 Å². The van der Waals surface area contributed by atoms with E-state index in [4.69, 9.17) is 4.42 Å². The molecule has 2 N–H and O–H groups in total. The lowest BCUT2D eigenvalue weighted by Crippen LogP contribution is -2.28. The Balaban J connectivity index is 0.000000106. The van der Waals surface area contributed by atoms with Gasteiger partial charge in [0.05, 0.1) is 47.8 Å². The molecule has 0 saturated carbocycles. The van der Waals surface area contributed by atoms with Crippen molar-refractivity contribution in [3.05, 3.63) is 443 Å². The predicted molar refractivity (Wildman–Crippen MR) is 582 cm³/mol. The van der Waals surface area contributed by atoms with E-state index in [9.17, 15) is 31.8 Å². The fraction of sp³-hybridized carbons (Fsp3) is 0.00826. The third-order valence-corrected chi connectivity index (χ3v) is 31.6. The van der Waals surface area contributed by atoms with Gasteiger partial charge in [0.25, 0.3) is 0 Å². The second-order valence-corrected chi connectivity index (χ2v) is 40.6. The lowest BCUT2D eigenvalue weighted by Gasteiger charge is -2.11. The highest BCUT2D eigenvalue weighted by Gasteiger charge is 2.49. The normalized spacial score (nSPS) is 11.7. The number of phenols is 2. The summed E-state index contributed by atoms with van der Waals surface area (Å²) in [6, 6.07) is 137. The van der Waals surface area contributed by atoms with Gasteiger partial charge in [0.2, 0.25) is 0 Å². The minimum Gasteiger partial charge on any atom is -0.507 e. The first-order valence-electron chi connectivity index (χ1n) is 44.6. The fourth-order valence-electron chi connectivity index (χ4n) is 18.9. The van der Waals surface area contributed by atoms with Crippen LogP contribution in [0.5, 0.6) is 17.2 Å². The fourth-order valence-corrected chi connectivity index (χ4v) is 24.3. The van der Waals surface area contributed by atoms with Crippen molar-refractivity contribution in [2.75, 3.05) is 0 Å². The van der Waals surface area contributed by atoms with Gasteiger partial charge >= 0.3 is 15.6 Å². The minimum absolute atomic E-state index is 0.0330. The maximum atomic E-state index is 13.2. The van der Waals surface area contributed by atoms with Crippen molar-refractivity contribution in [2.45, 2.75) is 5.51 Å². The first-order chi connectivity index (χ1) is 68.0. The summed E-state index contributed by atoms with van der Waals surface area (Å²) >= 11 is 8.72. The molecule has 27 rings (SSSR count). The SMILES string of the molecule is C(#Cc1cc2c(cc1-c1cccc3c1oc1ccccc13)sc1ccccc12)c1ccc2c(c1)c1ccccc1n2-c1ccccc1.O=S(=O)(Oc1cc2sc3ccccc3c2cc1C#Cc1ccc2c(c1)c1ccccc1n2-c1ccccc1)C(F)(F)F.Oc1cc2sc3ccccc3c2cc1C#Cc1ccc2c(c1)c1ccccc1n2-c1ccccc1.Oc1cc2sc3ccccc3c2cc1I. The summed E-state index contributed by atoms with van der Waals surface area (Å²) in [5, 5.41) is 38.3. The van der Waals surface area contributed by atoms with Crippen LogP contribution in [0.2, 0.25) is 0 Å². The summed E-state index contributed by atoms with van der Waals surface area (Å²) in [5.41, 5.74) is 12.5. The second-order valence-electron chi connectivity index (χ2n) is 33.6. The predicted octanol–water partition coefficient (Wildman–Crippen LogP) is 33.5. The number of furan rings is 1. The van der Waals surface area contributed by atoms with Gasteiger partial charge in [-0.15, -0.1) is 45.3 Å². The van der Waals surface area contributed by atoms with Crippen LogP contribution in [0.3, 0.4) is 0 Å². The highest BCUT2D eigenvalue weighted by molar-refractivity contribution is 14.1. The van der Waals surface area contributed by atoms with E-state index in [2.05, 4.69) is 307 Å². The number of halogens is 4. The van der Waals surface area contributed by atoms with Crippen molar-refractivity contribution in [3.63, 3.8) is 0 Å². The minimum atomic E-state index is -5.90. The third-order valence-electron chi connectivity index (χ3n) is 25.2. The number of fused-ring (bicyclic) bond motifs is 24. The molecule has 0 aliphatic rings. The van der Waals surface area contributed by atoms with Gasteiger partial charge in [-0.1, -0.05) is 254 Å². The highest BCUT2D eigenvalue weighted by atomic mass is 127. The summed E-state index contributed by atoms with van der Waals surface area (Å²) in [7, 11) is -5.90. The zero-order valence-corrected chi connectivity index (χ0v) is 79.3. The number of benzene rings is 19. The molecule has 9 nitrogen and oxygen atoms in total. The maximum Gasteiger partial charge on any atom is 0.534 e. The smallest absolute Gasteiger partial charge is 0.507 e. The number of aromatic hydroxyl groups is 2. The Morgan fingerprint density at radius 2 is 0.619 bits per heavy atom. The largest absolute Gasteiger partial charge is 0.534 e. The van der Waals surface area contributed by atoms with E-state index in [-0.39, 0.29) is 11.3 Å². The number of hydrogen-bond acceptors (Lipinski definition) is 10. The van der Waals surface area contributed by atoms with Gasteiger partial charge in [-0.3, -0.25) is 0 Å². The number of alkyl halides is 3. The van der Waals surface area contributed by atoms with Crippen molar-refractivity contribution >= 4 is 246 Å². The Labute approximate surface area is 822 Å². The molecule has 0 fully saturated rings. The number of para-hydroxylation sites is 8. The van der Waals surface area contributed by atoms with Crippen molar-refractivity contribution in [1.82, 2.24) is 13.7 Å². The molecule has 139 heavy (non-hydrogen) atoms. The van der Waals surface area contributed by atoms with E-state index in [0.29, 0.717) is 21.6 Å². The van der Waals surface area contributed by atoms with Crippen LogP contribution in [0.1, 0.15) is 33.4 Å². The molecule has 27 aromatic rings. The summed E-state index contributed by atoms with van der Waals surface area (Å²) in [6.07, 6.45) is 0. The van der Waals surface area contributed by atoms with E-state index in [1.165, 1.54) is 101 Å². The van der Waals surface area contributed by atoms with Gasteiger partial charge in [-0.05, 0) is 205 Å². The Morgan fingerprint density at radius 3 is 1.06 bits per heavy atom. The zero-order chi connectivity index (χ0) is 93.7. The molecule has 0 atom stereocenters. The van der Waals surface area contributed by atoms with E-state index in [1.54, 1.807) is 28.7 Å². The van der Waals surface area contributed by atoms with Gasteiger partial charge in [-0.2, -0.15) is 21.6 Å². The lowest BCUT2D eigenvalue weighted by molar-refractivity contribution is -0.0500. The van der Waals surface area contributed by atoms with Crippen molar-refractivity contribution < 1.29 is 40.4 Å². The third kappa shape index (κ3) is 15.7. The summed E-state index contributed by atoms with van der Waals surface area (Å²) < 4.78 is 91.2. The number of hydrogen-bond donors (Lipinski definition) is 2. The van der Waals surface area contributed by atoms with Gasteiger partial charge in [0.1, 0.15) is 22.7 Å². The van der Waals surface area contributed by atoms with E-state index < -0.39 is 21.4 Å². The Kier molecular flexibility index (Phi) is 21.7. The monoisotopic (exact) mass is 2000 g/mol. The molecule has 18 heteroatoms. The average Bonchev–Trinajstić information content (AvgIpc) is 1.60. The molecule has 0 radical (unpaired) electrons. The zero-order valence-electron chi connectivity index (χ0n) is 73.1. The number of rotatable bonds is 6. The van der Waals surface area contributed by atoms with Gasteiger partial charge in [-0.25, -0.2) is 0 Å². The average molecular weight is 2010 g/mol. The van der Waals surface area contributed by atoms with E-state index in [1.807, 2.05) is 175 Å². The molecule has 0 spiro atoms. The van der Waals surface area contributed by atoms with Crippen LogP contribution in [0.25, 0.3) is 196 Å². The number of nitrogens with zero attached hydrogens (tertiary/aromatic N) is 3. The summed E-state index contributed by atoms with van der Waals surface area (Å²) in [5.74, 6) is 19.8. The molecule has 662 valence electrons. The van der Waals surface area contributed by atoms with E-state index in [0.717, 1.165) is 128 Å². The summed E-state index contributed by atoms with van der Waals surface area (Å²) in [4.78, 5) is 0. The van der Waals surface area contributed by atoms with Crippen LogP contribution < -0.4 is 4.18 Å². The molecule has 0 saturated heterocycles. The van der Waals surface area contributed by atoms with Crippen LogP contribution >= 0.6 is 67.9 Å². The Hall–Kier alpha value is -16.2. The van der Waals surface area contributed by atoms with Crippen molar-refractivity contribution in [2.24, 2.45) is 0 Å². The maximum absolute atomic E-state index is 13.2. The van der Waals surface area contributed by atoms with Crippen LogP contribution in [0, 0.1) is 39.1 Å². The number of aromatic nitrogens is 3. The lowest BCUT2D eigenvalue weighted by atomic mass is 9.95. The Bertz CT molecular complexity index is 10100. The summed E-state index contributed by atoms with van der Waals surface area (Å²) in [6.45, 7) is 0. The van der Waals surface area contributed by atoms with Gasteiger partial charge in [0.15, 0.2) is 5.75 Å². The molecule has 0 aliphatic carbocycles. The van der Waals surface area contributed by atoms with Gasteiger partial charge < -0.3 is 32.5 Å². The molecule has 19 aromatic carbocycles. The molecule has 0 unspecified atom stereocenters. The van der Waals surface area contributed by atoms with E-state index >= 15 is 0 Å². The highest BCUT2D eigenvalue weighted by Crippen LogP contribution is 2.47. The topological polar surface area (TPSA) is 112 Å². The first-order valence-corrected chi connectivity index (χ1v) is 50.3. The molecule has 0 aliphatic heterocycles. The molecule has 8 aromatic heterocycles. The van der Waals surface area contributed by atoms with Crippen molar-refractivity contribution in [3.8, 4) is 81.0 Å². The first kappa shape index (κ1) is 85.7. The molecular formula is C121H69F3IN3O6S5. The number of phenolic OH excluding ortho intramolecular Hbond substituents is 2.